The topological polar surface area (TPSA) is 94.8 Å². The normalized spacial score (nSPS) is 9.87. The molecule has 0 radical (unpaired) electrons. The number of Topliss-reactive ketones (excluding diaryl/α,β-unsaturated/α-hetero) is 1. The average Bonchev–Trinajstić information content (AvgIpc) is 2.48. The lowest BCUT2D eigenvalue weighted by molar-refractivity contribution is -0.119. The number of unbranched alkanes of at least 4 members (excludes halogenated alkanes) is 2. The number of aromatic carboxylic acids is 1. The maximum absolute atomic E-state index is 11.4. The lowest BCUT2D eigenvalue weighted by Crippen LogP contribution is -2.03. The van der Waals surface area contributed by atoms with Crippen molar-refractivity contribution in [3.63, 3.8) is 0 Å². The van der Waals surface area contributed by atoms with E-state index < -0.39 is 11.7 Å². The highest BCUT2D eigenvalue weighted by atomic mass is 16.4. The van der Waals surface area contributed by atoms with Crippen molar-refractivity contribution in [2.24, 2.45) is 0 Å². The molecule has 3 N–H and O–H groups in total. The summed E-state index contributed by atoms with van der Waals surface area (Å²) in [5.41, 5.74) is 0.259. The highest BCUT2D eigenvalue weighted by Gasteiger charge is 2.16. The van der Waals surface area contributed by atoms with Crippen LogP contribution in [0.1, 0.15) is 75.2 Å². The maximum atomic E-state index is 11.4. The second-order valence-corrected chi connectivity index (χ2v) is 5.15. The Hall–Kier alpha value is -2.04. The largest absolute Gasteiger partial charge is 0.508 e. The zero-order valence-electron chi connectivity index (χ0n) is 14.3. The zero-order valence-corrected chi connectivity index (χ0v) is 14.3. The van der Waals surface area contributed by atoms with Crippen LogP contribution in [0, 0.1) is 0 Å². The number of phenolic OH excluding ortho intramolecular Hbond substituents is 1. The van der Waals surface area contributed by atoms with E-state index in [2.05, 4.69) is 0 Å². The zero-order chi connectivity index (χ0) is 17.8. The maximum Gasteiger partial charge on any atom is 0.339 e. The number of carboxylic acid groups (broad SMARTS) is 1. The summed E-state index contributed by atoms with van der Waals surface area (Å²) in [6.45, 7) is 5.97. The number of benzene rings is 1. The quantitative estimate of drug-likeness (QED) is 0.589. The number of ketones is 1. The summed E-state index contributed by atoms with van der Waals surface area (Å²) < 4.78 is 0. The third kappa shape index (κ3) is 7.68. The van der Waals surface area contributed by atoms with Gasteiger partial charge in [0.05, 0.1) is 0 Å². The van der Waals surface area contributed by atoms with Crippen LogP contribution in [0.3, 0.4) is 0 Å². The van der Waals surface area contributed by atoms with Gasteiger partial charge in [0, 0.05) is 18.9 Å². The number of carboxylic acids is 1. The number of hydrogen-bond acceptors (Lipinski definition) is 4. The van der Waals surface area contributed by atoms with Gasteiger partial charge in [-0.15, -0.1) is 0 Å². The highest BCUT2D eigenvalue weighted by molar-refractivity contribution is 5.92. The second kappa shape index (κ2) is 11.5. The van der Waals surface area contributed by atoms with Crippen molar-refractivity contribution >= 4 is 11.8 Å². The van der Waals surface area contributed by atoms with Gasteiger partial charge < -0.3 is 15.3 Å². The minimum atomic E-state index is -1.21. The van der Waals surface area contributed by atoms with Crippen molar-refractivity contribution in [3.05, 3.63) is 23.3 Å². The molecule has 0 bridgehead atoms. The first-order valence-corrected chi connectivity index (χ1v) is 8.25. The third-order valence-electron chi connectivity index (χ3n) is 3.33. The van der Waals surface area contributed by atoms with Crippen LogP contribution in [0.25, 0.3) is 0 Å². The van der Waals surface area contributed by atoms with E-state index >= 15 is 0 Å². The summed E-state index contributed by atoms with van der Waals surface area (Å²) in [5.74, 6) is -1.51. The first kappa shape index (κ1) is 21.0. The van der Waals surface area contributed by atoms with Gasteiger partial charge in [0.15, 0.2) is 0 Å². The van der Waals surface area contributed by atoms with Crippen LogP contribution < -0.4 is 0 Å². The molecule has 5 nitrogen and oxygen atoms in total. The molecule has 1 aromatic rings. The molecule has 5 heteroatoms. The fourth-order valence-corrected chi connectivity index (χ4v) is 2.33. The van der Waals surface area contributed by atoms with Crippen LogP contribution in [-0.2, 0) is 11.2 Å². The van der Waals surface area contributed by atoms with Crippen LogP contribution in [0.15, 0.2) is 12.1 Å². The number of aromatic hydroxyl groups is 2. The van der Waals surface area contributed by atoms with Crippen LogP contribution >= 0.6 is 0 Å². The molecule has 23 heavy (non-hydrogen) atoms. The van der Waals surface area contributed by atoms with Gasteiger partial charge in [-0.05, 0) is 37.3 Å². The second-order valence-electron chi connectivity index (χ2n) is 5.15. The Morgan fingerprint density at radius 2 is 1.65 bits per heavy atom. The first-order valence-electron chi connectivity index (χ1n) is 8.25. The van der Waals surface area contributed by atoms with Crippen molar-refractivity contribution in [1.29, 1.82) is 0 Å². The molecule has 0 aliphatic carbocycles. The molecular weight excluding hydrogens is 296 g/mol. The predicted molar refractivity (Wildman–Crippen MR) is 90.2 cm³/mol. The van der Waals surface area contributed by atoms with Crippen molar-refractivity contribution in [2.75, 3.05) is 0 Å². The monoisotopic (exact) mass is 324 g/mol. The van der Waals surface area contributed by atoms with Crippen LogP contribution in [0.4, 0.5) is 0 Å². The Bertz CT molecular complexity index is 508. The van der Waals surface area contributed by atoms with Gasteiger partial charge in [0.2, 0.25) is 0 Å². The van der Waals surface area contributed by atoms with Gasteiger partial charge in [0.1, 0.15) is 22.8 Å². The standard InChI is InChI=1S/C16H22O5.C2H6/c1-2-6-12(17)8-5-3-4-7-11-9-13(18)10-14(19)15(11)16(20)21;1-2/h9-10,18-19H,2-8H2,1H3,(H,20,21);1-2H3. The van der Waals surface area contributed by atoms with Crippen molar-refractivity contribution in [2.45, 2.75) is 65.7 Å². The van der Waals surface area contributed by atoms with Crippen molar-refractivity contribution in [3.8, 4) is 11.5 Å². The number of rotatable bonds is 9. The molecule has 0 unspecified atom stereocenters. The van der Waals surface area contributed by atoms with E-state index in [1.807, 2.05) is 20.8 Å². The molecule has 0 atom stereocenters. The molecule has 0 aliphatic heterocycles. The van der Waals surface area contributed by atoms with E-state index in [4.69, 9.17) is 5.11 Å². The summed E-state index contributed by atoms with van der Waals surface area (Å²) in [4.78, 5) is 22.5. The number of aryl methyl sites for hydroxylation is 1. The number of carbonyl (C=O) groups is 2. The first-order chi connectivity index (χ1) is 11.0. The fourth-order valence-electron chi connectivity index (χ4n) is 2.33. The Kier molecular flexibility index (Phi) is 10.5. The molecule has 1 rings (SSSR count). The summed E-state index contributed by atoms with van der Waals surface area (Å²) in [6.07, 6.45) is 4.79. The minimum Gasteiger partial charge on any atom is -0.508 e. The van der Waals surface area contributed by atoms with Gasteiger partial charge in [0.25, 0.3) is 0 Å². The molecule has 0 amide bonds. The summed E-state index contributed by atoms with van der Waals surface area (Å²) in [7, 11) is 0. The van der Waals surface area contributed by atoms with Gasteiger partial charge in [-0.1, -0.05) is 27.2 Å². The molecule has 0 fully saturated rings. The van der Waals surface area contributed by atoms with Gasteiger partial charge in [-0.3, -0.25) is 4.79 Å². The summed E-state index contributed by atoms with van der Waals surface area (Å²) in [6, 6.07) is 2.39. The molecule has 0 spiro atoms. The van der Waals surface area contributed by atoms with E-state index in [0.717, 1.165) is 25.3 Å². The Morgan fingerprint density at radius 1 is 1.00 bits per heavy atom. The fraction of sp³-hybridized carbons (Fsp3) is 0.556. The minimum absolute atomic E-state index is 0.148. The van der Waals surface area contributed by atoms with Crippen LogP contribution in [0.2, 0.25) is 0 Å². The Balaban J connectivity index is 0.00000232. The summed E-state index contributed by atoms with van der Waals surface area (Å²) >= 11 is 0. The molecule has 1 aromatic carbocycles. The average molecular weight is 324 g/mol. The smallest absolute Gasteiger partial charge is 0.339 e. The Labute approximate surface area is 138 Å². The Morgan fingerprint density at radius 3 is 2.22 bits per heavy atom. The van der Waals surface area contributed by atoms with Gasteiger partial charge in [-0.2, -0.15) is 0 Å². The molecule has 0 saturated carbocycles. The van der Waals surface area contributed by atoms with Crippen molar-refractivity contribution < 1.29 is 24.9 Å². The van der Waals surface area contributed by atoms with Gasteiger partial charge in [-0.25, -0.2) is 4.79 Å². The van der Waals surface area contributed by atoms with Crippen LogP contribution in [0.5, 0.6) is 11.5 Å². The lowest BCUT2D eigenvalue weighted by atomic mass is 9.99. The van der Waals surface area contributed by atoms with E-state index in [9.17, 15) is 19.8 Å². The molecule has 0 heterocycles. The van der Waals surface area contributed by atoms with E-state index in [0.29, 0.717) is 31.2 Å². The number of phenols is 2. The molecule has 0 saturated heterocycles. The molecular formula is C18H28O5. The van der Waals surface area contributed by atoms with Crippen LogP contribution in [-0.4, -0.2) is 27.1 Å². The highest BCUT2D eigenvalue weighted by Crippen LogP contribution is 2.28. The molecule has 0 aliphatic rings. The van der Waals surface area contributed by atoms with E-state index in [1.54, 1.807) is 0 Å². The van der Waals surface area contributed by atoms with E-state index in [-0.39, 0.29) is 17.1 Å². The predicted octanol–water partition coefficient (Wildman–Crippen LogP) is 4.29. The number of carbonyl (C=O) groups excluding carboxylic acids is 1. The van der Waals surface area contributed by atoms with Crippen molar-refractivity contribution in [1.82, 2.24) is 0 Å². The number of hydrogen-bond donors (Lipinski definition) is 3. The lowest BCUT2D eigenvalue weighted by Gasteiger charge is -2.09. The summed E-state index contributed by atoms with van der Waals surface area (Å²) in [5, 5.41) is 28.1. The molecule has 0 aromatic heterocycles. The SMILES string of the molecule is CC.CCCC(=O)CCCCCc1cc(O)cc(O)c1C(=O)O. The molecule has 130 valence electrons. The van der Waals surface area contributed by atoms with Gasteiger partial charge >= 0.3 is 5.97 Å². The van der Waals surface area contributed by atoms with E-state index in [1.165, 1.54) is 6.07 Å². The third-order valence-corrected chi connectivity index (χ3v) is 3.33.